The summed E-state index contributed by atoms with van der Waals surface area (Å²) in [6.45, 7) is 0. The Bertz CT molecular complexity index is 682. The monoisotopic (exact) mass is 308 g/mol. The molecule has 0 aromatic heterocycles. The van der Waals surface area contributed by atoms with Crippen molar-refractivity contribution in [2.24, 2.45) is 0 Å². The maximum Gasteiger partial charge on any atom is 0.275 e. The Labute approximate surface area is 123 Å². The lowest BCUT2D eigenvalue weighted by atomic mass is 10.1. The van der Waals surface area contributed by atoms with Crippen LogP contribution in [-0.4, -0.2) is 11.8 Å². The van der Waals surface area contributed by atoms with Gasteiger partial charge in [0.2, 0.25) is 5.91 Å². The van der Waals surface area contributed by atoms with E-state index in [0.717, 1.165) is 18.2 Å². The molecule has 0 spiro atoms. The number of rotatable bonds is 3. The molecule has 0 radical (unpaired) electrons. The van der Waals surface area contributed by atoms with Gasteiger partial charge in [-0.15, -0.1) is 0 Å². The normalized spacial score (nSPS) is 10.1. The molecule has 0 saturated carbocycles. The van der Waals surface area contributed by atoms with Crippen molar-refractivity contribution in [1.82, 2.24) is 10.9 Å². The van der Waals surface area contributed by atoms with Gasteiger partial charge in [0.05, 0.1) is 6.42 Å². The standard InChI is InChI=1S/C15H11F3N2O2/c16-10-6-4-9(5-7-10)8-13(21)19-20-15(22)14-11(17)2-1-3-12(14)18/h1-7H,8H2,(H,19,21)(H,20,22). The van der Waals surface area contributed by atoms with Gasteiger partial charge in [0, 0.05) is 0 Å². The van der Waals surface area contributed by atoms with Crippen molar-refractivity contribution in [2.45, 2.75) is 6.42 Å². The molecule has 22 heavy (non-hydrogen) atoms. The molecule has 0 aliphatic carbocycles. The van der Waals surface area contributed by atoms with Crippen LogP contribution in [0.3, 0.4) is 0 Å². The summed E-state index contributed by atoms with van der Waals surface area (Å²) in [6, 6.07) is 8.18. The first kappa shape index (κ1) is 15.6. The Morgan fingerprint density at radius 3 is 2.05 bits per heavy atom. The van der Waals surface area contributed by atoms with Crippen molar-refractivity contribution in [3.63, 3.8) is 0 Å². The van der Waals surface area contributed by atoms with Crippen molar-refractivity contribution in [1.29, 1.82) is 0 Å². The van der Waals surface area contributed by atoms with Gasteiger partial charge in [-0.1, -0.05) is 18.2 Å². The van der Waals surface area contributed by atoms with Gasteiger partial charge in [0.15, 0.2) is 0 Å². The lowest BCUT2D eigenvalue weighted by Crippen LogP contribution is -2.43. The molecule has 0 unspecified atom stereocenters. The molecule has 0 aliphatic rings. The zero-order valence-corrected chi connectivity index (χ0v) is 11.2. The Balaban J connectivity index is 1.93. The fourth-order valence-electron chi connectivity index (χ4n) is 1.74. The van der Waals surface area contributed by atoms with E-state index in [9.17, 15) is 22.8 Å². The van der Waals surface area contributed by atoms with E-state index in [1.54, 1.807) is 0 Å². The summed E-state index contributed by atoms with van der Waals surface area (Å²) in [5.74, 6) is -4.23. The van der Waals surface area contributed by atoms with E-state index in [1.165, 1.54) is 24.3 Å². The number of nitrogens with one attached hydrogen (secondary N) is 2. The third-order valence-corrected chi connectivity index (χ3v) is 2.78. The Hall–Kier alpha value is -2.83. The van der Waals surface area contributed by atoms with Gasteiger partial charge in [-0.3, -0.25) is 20.4 Å². The molecule has 2 aromatic rings. The average molecular weight is 308 g/mol. The molecule has 0 aliphatic heterocycles. The van der Waals surface area contributed by atoms with E-state index in [2.05, 4.69) is 0 Å². The lowest BCUT2D eigenvalue weighted by molar-refractivity contribution is -0.121. The highest BCUT2D eigenvalue weighted by Gasteiger charge is 2.17. The fraction of sp³-hybridized carbons (Fsp3) is 0.0667. The summed E-state index contributed by atoms with van der Waals surface area (Å²) in [5.41, 5.74) is 3.68. The zero-order chi connectivity index (χ0) is 16.1. The summed E-state index contributed by atoms with van der Waals surface area (Å²) < 4.78 is 39.4. The molecule has 7 heteroatoms. The molecule has 114 valence electrons. The average Bonchev–Trinajstić information content (AvgIpc) is 2.47. The van der Waals surface area contributed by atoms with E-state index in [4.69, 9.17) is 0 Å². The SMILES string of the molecule is O=C(Cc1ccc(F)cc1)NNC(=O)c1c(F)cccc1F. The number of amides is 2. The predicted octanol–water partition coefficient (Wildman–Crippen LogP) is 2.11. The van der Waals surface area contributed by atoms with Crippen LogP contribution < -0.4 is 10.9 Å². The second-order valence-electron chi connectivity index (χ2n) is 4.40. The molecular formula is C15H11F3N2O2. The summed E-state index contributed by atoms with van der Waals surface area (Å²) in [7, 11) is 0. The maximum absolute atomic E-state index is 13.4. The van der Waals surface area contributed by atoms with Gasteiger partial charge in [0.25, 0.3) is 5.91 Å². The van der Waals surface area contributed by atoms with Crippen LogP contribution >= 0.6 is 0 Å². The van der Waals surface area contributed by atoms with Gasteiger partial charge in [-0.2, -0.15) is 0 Å². The molecule has 0 saturated heterocycles. The summed E-state index contributed by atoms with van der Waals surface area (Å²) in [4.78, 5) is 23.2. The van der Waals surface area contributed by atoms with Crippen LogP contribution in [0.5, 0.6) is 0 Å². The molecule has 2 aromatic carbocycles. The third kappa shape index (κ3) is 3.85. The smallest absolute Gasteiger partial charge is 0.273 e. The quantitative estimate of drug-likeness (QED) is 0.853. The van der Waals surface area contributed by atoms with Crippen LogP contribution in [0.15, 0.2) is 42.5 Å². The zero-order valence-electron chi connectivity index (χ0n) is 11.2. The summed E-state index contributed by atoms with van der Waals surface area (Å²) in [5, 5.41) is 0. The number of hydrogen-bond donors (Lipinski definition) is 2. The first-order chi connectivity index (χ1) is 10.5. The topological polar surface area (TPSA) is 58.2 Å². The molecule has 0 heterocycles. The second kappa shape index (κ2) is 6.75. The number of benzene rings is 2. The van der Waals surface area contributed by atoms with E-state index < -0.39 is 34.8 Å². The van der Waals surface area contributed by atoms with Gasteiger partial charge in [-0.25, -0.2) is 13.2 Å². The predicted molar refractivity (Wildman–Crippen MR) is 72.1 cm³/mol. The van der Waals surface area contributed by atoms with Crippen molar-refractivity contribution in [3.8, 4) is 0 Å². The number of hydrazine groups is 1. The van der Waals surface area contributed by atoms with Crippen molar-refractivity contribution in [2.75, 3.05) is 0 Å². The van der Waals surface area contributed by atoms with Crippen LogP contribution in [0.2, 0.25) is 0 Å². The van der Waals surface area contributed by atoms with Crippen LogP contribution in [0.25, 0.3) is 0 Å². The fourth-order valence-corrected chi connectivity index (χ4v) is 1.74. The highest BCUT2D eigenvalue weighted by Crippen LogP contribution is 2.11. The molecule has 2 amide bonds. The van der Waals surface area contributed by atoms with Crippen LogP contribution in [-0.2, 0) is 11.2 Å². The lowest BCUT2D eigenvalue weighted by Gasteiger charge is -2.08. The Morgan fingerprint density at radius 2 is 1.45 bits per heavy atom. The van der Waals surface area contributed by atoms with Gasteiger partial charge in [0.1, 0.15) is 23.0 Å². The minimum Gasteiger partial charge on any atom is -0.273 e. The maximum atomic E-state index is 13.4. The molecular weight excluding hydrogens is 297 g/mol. The number of carbonyl (C=O) groups is 2. The van der Waals surface area contributed by atoms with Crippen LogP contribution in [0.1, 0.15) is 15.9 Å². The Kier molecular flexibility index (Phi) is 4.77. The van der Waals surface area contributed by atoms with E-state index >= 15 is 0 Å². The van der Waals surface area contributed by atoms with E-state index in [1.807, 2.05) is 10.9 Å². The van der Waals surface area contributed by atoms with Gasteiger partial charge >= 0.3 is 0 Å². The third-order valence-electron chi connectivity index (χ3n) is 2.78. The minimum atomic E-state index is -1.11. The highest BCUT2D eigenvalue weighted by atomic mass is 19.1. The number of hydrogen-bond acceptors (Lipinski definition) is 2. The molecule has 0 fully saturated rings. The van der Waals surface area contributed by atoms with Crippen molar-refractivity contribution in [3.05, 3.63) is 71.0 Å². The molecule has 2 N–H and O–H groups in total. The molecule has 2 rings (SSSR count). The van der Waals surface area contributed by atoms with Gasteiger partial charge < -0.3 is 0 Å². The largest absolute Gasteiger partial charge is 0.275 e. The van der Waals surface area contributed by atoms with Crippen molar-refractivity contribution < 1.29 is 22.8 Å². The van der Waals surface area contributed by atoms with Gasteiger partial charge in [-0.05, 0) is 29.8 Å². The van der Waals surface area contributed by atoms with Crippen LogP contribution in [0.4, 0.5) is 13.2 Å². The summed E-state index contributed by atoms with van der Waals surface area (Å²) in [6.07, 6.45) is -0.125. The first-order valence-corrected chi connectivity index (χ1v) is 6.25. The molecule has 0 atom stereocenters. The Morgan fingerprint density at radius 1 is 0.864 bits per heavy atom. The molecule has 4 nitrogen and oxygen atoms in total. The molecule has 0 bridgehead atoms. The summed E-state index contributed by atoms with van der Waals surface area (Å²) >= 11 is 0. The number of carbonyl (C=O) groups excluding carboxylic acids is 2. The minimum absolute atomic E-state index is 0.125. The van der Waals surface area contributed by atoms with E-state index in [0.29, 0.717) is 5.56 Å². The van der Waals surface area contributed by atoms with Crippen LogP contribution in [0, 0.1) is 17.5 Å². The number of halogens is 3. The van der Waals surface area contributed by atoms with Crippen molar-refractivity contribution >= 4 is 11.8 Å². The first-order valence-electron chi connectivity index (χ1n) is 6.25. The van der Waals surface area contributed by atoms with E-state index in [-0.39, 0.29) is 6.42 Å². The second-order valence-corrected chi connectivity index (χ2v) is 4.40. The highest BCUT2D eigenvalue weighted by molar-refractivity contribution is 5.96.